The average Bonchev–Trinajstić information content (AvgIpc) is 2.62. The van der Waals surface area contributed by atoms with Crippen molar-refractivity contribution in [1.82, 2.24) is 9.97 Å². The Morgan fingerprint density at radius 3 is 2.56 bits per heavy atom. The second kappa shape index (κ2) is 5.83. The quantitative estimate of drug-likeness (QED) is 0.433. The molecule has 0 aliphatic carbocycles. The topological polar surface area (TPSA) is 81.0 Å². The minimum atomic E-state index is -0.366. The fourth-order valence-corrected chi connectivity index (χ4v) is 2.95. The first kappa shape index (κ1) is 15.0. The van der Waals surface area contributed by atoms with E-state index in [0.717, 1.165) is 27.5 Å². The third kappa shape index (κ3) is 2.63. The molecule has 0 bridgehead atoms. The van der Waals surface area contributed by atoms with E-state index in [1.165, 1.54) is 12.4 Å². The molecule has 0 saturated carbocycles. The summed E-state index contributed by atoms with van der Waals surface area (Å²) in [7, 11) is 0. The molecule has 1 aromatic heterocycles. The lowest BCUT2D eigenvalue weighted by molar-refractivity contribution is -0.383. The van der Waals surface area contributed by atoms with Crippen molar-refractivity contribution in [2.75, 3.05) is 5.32 Å². The average molecular weight is 330 g/mol. The summed E-state index contributed by atoms with van der Waals surface area (Å²) in [5.74, 6) is 0.674. The molecule has 3 aromatic carbocycles. The van der Waals surface area contributed by atoms with E-state index in [4.69, 9.17) is 0 Å². The van der Waals surface area contributed by atoms with Gasteiger partial charge in [0.05, 0.1) is 15.8 Å². The normalized spacial score (nSPS) is 10.9. The number of aromatic nitrogens is 2. The van der Waals surface area contributed by atoms with Crippen LogP contribution in [0.1, 0.15) is 5.56 Å². The summed E-state index contributed by atoms with van der Waals surface area (Å²) in [6.45, 7) is 2.01. The first-order valence-corrected chi connectivity index (χ1v) is 7.78. The maximum absolute atomic E-state index is 11.3. The van der Waals surface area contributed by atoms with E-state index in [0.29, 0.717) is 11.2 Å². The van der Waals surface area contributed by atoms with Gasteiger partial charge in [-0.25, -0.2) is 9.97 Å². The standard InChI is InChI=1S/C19H14N4O2/c1-12-6-7-16-15(10-12)19(21-11-20-16)22-17-8-9-18(23(24)25)14-5-3-2-4-13(14)17/h2-11H,1H3,(H,20,21,22). The van der Waals surface area contributed by atoms with Gasteiger partial charge in [-0.3, -0.25) is 10.1 Å². The summed E-state index contributed by atoms with van der Waals surface area (Å²) in [4.78, 5) is 19.5. The number of rotatable bonds is 3. The molecule has 0 radical (unpaired) electrons. The van der Waals surface area contributed by atoms with Gasteiger partial charge in [0.25, 0.3) is 5.69 Å². The van der Waals surface area contributed by atoms with E-state index in [-0.39, 0.29) is 10.6 Å². The van der Waals surface area contributed by atoms with Crippen LogP contribution < -0.4 is 5.32 Å². The molecule has 4 rings (SSSR count). The predicted octanol–water partition coefficient (Wildman–Crippen LogP) is 4.74. The van der Waals surface area contributed by atoms with E-state index in [1.807, 2.05) is 37.3 Å². The van der Waals surface area contributed by atoms with Gasteiger partial charge < -0.3 is 5.32 Å². The van der Waals surface area contributed by atoms with Crippen LogP contribution in [0.15, 0.2) is 60.9 Å². The maximum atomic E-state index is 11.3. The molecule has 6 nitrogen and oxygen atoms in total. The molecule has 4 aromatic rings. The highest BCUT2D eigenvalue weighted by Crippen LogP contribution is 2.33. The van der Waals surface area contributed by atoms with E-state index >= 15 is 0 Å². The monoisotopic (exact) mass is 330 g/mol. The van der Waals surface area contributed by atoms with Crippen molar-refractivity contribution in [1.29, 1.82) is 0 Å². The van der Waals surface area contributed by atoms with Crippen LogP contribution in [0.5, 0.6) is 0 Å². The molecule has 0 amide bonds. The van der Waals surface area contributed by atoms with Gasteiger partial charge in [0.2, 0.25) is 0 Å². The number of fused-ring (bicyclic) bond motifs is 2. The van der Waals surface area contributed by atoms with Crippen molar-refractivity contribution in [3.63, 3.8) is 0 Å². The van der Waals surface area contributed by atoms with Crippen molar-refractivity contribution in [2.45, 2.75) is 6.92 Å². The lowest BCUT2D eigenvalue weighted by Gasteiger charge is -2.11. The number of aryl methyl sites for hydroxylation is 1. The van der Waals surface area contributed by atoms with Gasteiger partial charge in [-0.1, -0.05) is 29.8 Å². The number of nitro groups is 1. The number of benzene rings is 3. The third-order valence-electron chi connectivity index (χ3n) is 4.14. The van der Waals surface area contributed by atoms with Gasteiger partial charge in [0, 0.05) is 22.5 Å². The number of nitrogens with zero attached hydrogens (tertiary/aromatic N) is 3. The van der Waals surface area contributed by atoms with Gasteiger partial charge in [-0.2, -0.15) is 0 Å². The zero-order valence-corrected chi connectivity index (χ0v) is 13.4. The van der Waals surface area contributed by atoms with Crippen LogP contribution >= 0.6 is 0 Å². The Kier molecular flexibility index (Phi) is 3.50. The van der Waals surface area contributed by atoms with Crippen molar-refractivity contribution in [2.24, 2.45) is 0 Å². The molecular weight excluding hydrogens is 316 g/mol. The molecule has 0 saturated heterocycles. The molecule has 1 heterocycles. The molecule has 0 aliphatic heterocycles. The minimum Gasteiger partial charge on any atom is -0.339 e. The smallest absolute Gasteiger partial charge is 0.277 e. The van der Waals surface area contributed by atoms with Gasteiger partial charge in [-0.05, 0) is 31.2 Å². The Morgan fingerprint density at radius 1 is 0.960 bits per heavy atom. The Balaban J connectivity index is 1.89. The van der Waals surface area contributed by atoms with Crippen molar-refractivity contribution in [3.05, 3.63) is 76.6 Å². The number of hydrogen-bond acceptors (Lipinski definition) is 5. The molecule has 0 fully saturated rings. The molecule has 0 atom stereocenters. The third-order valence-corrected chi connectivity index (χ3v) is 4.14. The SMILES string of the molecule is Cc1ccc2ncnc(Nc3ccc([N+](=O)[O-])c4ccccc34)c2c1. The van der Waals surface area contributed by atoms with Crippen LogP contribution in [0.3, 0.4) is 0 Å². The lowest BCUT2D eigenvalue weighted by Crippen LogP contribution is -1.98. The van der Waals surface area contributed by atoms with Crippen LogP contribution in [0.4, 0.5) is 17.2 Å². The van der Waals surface area contributed by atoms with Crippen LogP contribution in [0, 0.1) is 17.0 Å². The van der Waals surface area contributed by atoms with E-state index in [2.05, 4.69) is 15.3 Å². The van der Waals surface area contributed by atoms with Gasteiger partial charge in [0.1, 0.15) is 12.1 Å². The van der Waals surface area contributed by atoms with Crippen molar-refractivity contribution >= 4 is 38.9 Å². The molecular formula is C19H14N4O2. The first-order chi connectivity index (χ1) is 12.1. The Labute approximate surface area is 143 Å². The number of nitro benzene ring substituents is 1. The Morgan fingerprint density at radius 2 is 1.76 bits per heavy atom. The first-order valence-electron chi connectivity index (χ1n) is 7.78. The summed E-state index contributed by atoms with van der Waals surface area (Å²) in [6, 6.07) is 16.5. The fourth-order valence-electron chi connectivity index (χ4n) is 2.95. The molecule has 0 spiro atoms. The summed E-state index contributed by atoms with van der Waals surface area (Å²) >= 11 is 0. The fraction of sp³-hybridized carbons (Fsp3) is 0.0526. The predicted molar refractivity (Wildman–Crippen MR) is 98.2 cm³/mol. The Bertz CT molecular complexity index is 1120. The van der Waals surface area contributed by atoms with Crippen molar-refractivity contribution in [3.8, 4) is 0 Å². The molecule has 0 unspecified atom stereocenters. The zero-order chi connectivity index (χ0) is 17.4. The maximum Gasteiger partial charge on any atom is 0.277 e. The Hall–Kier alpha value is -3.54. The van der Waals surface area contributed by atoms with Crippen LogP contribution in [-0.4, -0.2) is 14.9 Å². The number of hydrogen-bond donors (Lipinski definition) is 1. The zero-order valence-electron chi connectivity index (χ0n) is 13.4. The molecule has 25 heavy (non-hydrogen) atoms. The lowest BCUT2D eigenvalue weighted by atomic mass is 10.1. The summed E-state index contributed by atoms with van der Waals surface area (Å²) in [6.07, 6.45) is 1.51. The molecule has 0 aliphatic rings. The summed E-state index contributed by atoms with van der Waals surface area (Å²) < 4.78 is 0. The van der Waals surface area contributed by atoms with Crippen LogP contribution in [0.25, 0.3) is 21.7 Å². The highest BCUT2D eigenvalue weighted by molar-refractivity contribution is 6.02. The number of nitrogens with one attached hydrogen (secondary N) is 1. The van der Waals surface area contributed by atoms with E-state index < -0.39 is 0 Å². The molecule has 6 heteroatoms. The summed E-state index contributed by atoms with van der Waals surface area (Å²) in [5, 5.41) is 16.8. The number of non-ortho nitro benzene ring substituents is 1. The van der Waals surface area contributed by atoms with E-state index in [1.54, 1.807) is 18.2 Å². The van der Waals surface area contributed by atoms with Gasteiger partial charge in [0.15, 0.2) is 0 Å². The van der Waals surface area contributed by atoms with Crippen LogP contribution in [-0.2, 0) is 0 Å². The van der Waals surface area contributed by atoms with Crippen molar-refractivity contribution < 1.29 is 4.92 Å². The largest absolute Gasteiger partial charge is 0.339 e. The van der Waals surface area contributed by atoms with Gasteiger partial charge >= 0.3 is 0 Å². The highest BCUT2D eigenvalue weighted by Gasteiger charge is 2.14. The second-order valence-electron chi connectivity index (χ2n) is 5.80. The minimum absolute atomic E-state index is 0.0875. The molecule has 122 valence electrons. The summed E-state index contributed by atoms with van der Waals surface area (Å²) in [5.41, 5.74) is 2.81. The van der Waals surface area contributed by atoms with Gasteiger partial charge in [-0.15, -0.1) is 0 Å². The second-order valence-corrected chi connectivity index (χ2v) is 5.80. The highest BCUT2D eigenvalue weighted by atomic mass is 16.6. The van der Waals surface area contributed by atoms with Crippen LogP contribution in [0.2, 0.25) is 0 Å². The molecule has 1 N–H and O–H groups in total. The van der Waals surface area contributed by atoms with E-state index in [9.17, 15) is 10.1 Å². The number of anilines is 2.